The Morgan fingerprint density at radius 3 is 2.72 bits per heavy atom. The molecular weight excluding hydrogens is 230 g/mol. The van der Waals surface area contributed by atoms with Gasteiger partial charge in [-0.15, -0.1) is 0 Å². The van der Waals surface area contributed by atoms with Crippen molar-refractivity contribution in [3.63, 3.8) is 0 Å². The maximum absolute atomic E-state index is 11.6. The van der Waals surface area contributed by atoms with Gasteiger partial charge >= 0.3 is 5.97 Å². The van der Waals surface area contributed by atoms with Crippen molar-refractivity contribution in [2.24, 2.45) is 24.1 Å². The largest absolute Gasteiger partial charge is 0.481 e. The lowest BCUT2D eigenvalue weighted by atomic mass is 9.78. The van der Waals surface area contributed by atoms with Crippen molar-refractivity contribution in [3.8, 4) is 0 Å². The van der Waals surface area contributed by atoms with Crippen LogP contribution in [0.5, 0.6) is 0 Å². The number of nitrogens with two attached hydrogens (primary N) is 1. The minimum absolute atomic E-state index is 0.184. The summed E-state index contributed by atoms with van der Waals surface area (Å²) in [6.45, 7) is 2.10. The zero-order valence-corrected chi connectivity index (χ0v) is 11.0. The third-order valence-corrected chi connectivity index (χ3v) is 3.84. The number of hydrogen-bond donors (Lipinski definition) is 2. The molecule has 0 aliphatic heterocycles. The lowest BCUT2D eigenvalue weighted by Crippen LogP contribution is -2.41. The van der Waals surface area contributed by atoms with Crippen LogP contribution in [0.25, 0.3) is 0 Å². The molecular formula is C13H21N3O2. The molecule has 5 heteroatoms. The molecule has 1 heterocycles. The number of aliphatic carboxylic acids is 1. The minimum Gasteiger partial charge on any atom is -0.481 e. The van der Waals surface area contributed by atoms with Gasteiger partial charge in [-0.25, -0.2) is 0 Å². The summed E-state index contributed by atoms with van der Waals surface area (Å²) >= 11 is 0. The molecule has 0 bridgehead atoms. The normalized spacial score (nSPS) is 18.6. The second kappa shape index (κ2) is 4.72. The molecule has 1 aromatic rings. The van der Waals surface area contributed by atoms with Crippen LogP contribution in [-0.2, 0) is 18.3 Å². The molecule has 1 atom stereocenters. The van der Waals surface area contributed by atoms with E-state index in [4.69, 9.17) is 5.73 Å². The first-order valence-electron chi connectivity index (χ1n) is 6.40. The summed E-state index contributed by atoms with van der Waals surface area (Å²) in [4.78, 5) is 11.6. The van der Waals surface area contributed by atoms with Gasteiger partial charge in [0.05, 0.1) is 11.1 Å². The Bertz CT molecular complexity index is 451. The highest BCUT2D eigenvalue weighted by Crippen LogP contribution is 2.41. The lowest BCUT2D eigenvalue weighted by Gasteiger charge is -2.28. The van der Waals surface area contributed by atoms with E-state index in [2.05, 4.69) is 5.10 Å². The fourth-order valence-corrected chi connectivity index (χ4v) is 2.53. The number of aromatic nitrogens is 2. The van der Waals surface area contributed by atoms with E-state index >= 15 is 0 Å². The summed E-state index contributed by atoms with van der Waals surface area (Å²) in [6.07, 6.45) is 3.43. The molecule has 0 saturated heterocycles. The second-order valence-electron chi connectivity index (χ2n) is 5.51. The fourth-order valence-electron chi connectivity index (χ4n) is 2.53. The number of aryl methyl sites for hydroxylation is 2. The lowest BCUT2D eigenvalue weighted by molar-refractivity contribution is -0.149. The predicted octanol–water partition coefficient (Wildman–Crippen LogP) is 1.10. The van der Waals surface area contributed by atoms with Gasteiger partial charge in [-0.1, -0.05) is 12.8 Å². The summed E-state index contributed by atoms with van der Waals surface area (Å²) in [6, 6.07) is 1.94. The fraction of sp³-hybridized carbons (Fsp3) is 0.692. The summed E-state index contributed by atoms with van der Waals surface area (Å²) in [5.41, 5.74) is 6.80. The summed E-state index contributed by atoms with van der Waals surface area (Å²) < 4.78 is 1.76. The van der Waals surface area contributed by atoms with Crippen molar-refractivity contribution in [1.29, 1.82) is 0 Å². The van der Waals surface area contributed by atoms with E-state index in [1.54, 1.807) is 4.68 Å². The van der Waals surface area contributed by atoms with E-state index in [0.29, 0.717) is 18.8 Å². The molecule has 1 unspecified atom stereocenters. The molecule has 0 radical (unpaired) electrons. The Labute approximate surface area is 107 Å². The summed E-state index contributed by atoms with van der Waals surface area (Å²) in [5.74, 6) is -0.241. The minimum atomic E-state index is -0.832. The molecule has 1 aliphatic rings. The van der Waals surface area contributed by atoms with Gasteiger partial charge in [0.1, 0.15) is 0 Å². The van der Waals surface area contributed by atoms with E-state index in [9.17, 15) is 9.90 Å². The van der Waals surface area contributed by atoms with Crippen LogP contribution in [0.4, 0.5) is 0 Å². The highest BCUT2D eigenvalue weighted by atomic mass is 16.4. The van der Waals surface area contributed by atoms with Crippen molar-refractivity contribution < 1.29 is 9.90 Å². The van der Waals surface area contributed by atoms with Crippen LogP contribution >= 0.6 is 0 Å². The average molecular weight is 251 g/mol. The molecule has 3 N–H and O–H groups in total. The quantitative estimate of drug-likeness (QED) is 0.793. The predicted molar refractivity (Wildman–Crippen MR) is 68.1 cm³/mol. The van der Waals surface area contributed by atoms with Crippen LogP contribution in [0.15, 0.2) is 6.07 Å². The van der Waals surface area contributed by atoms with Crippen molar-refractivity contribution in [1.82, 2.24) is 9.78 Å². The highest BCUT2D eigenvalue weighted by molar-refractivity contribution is 5.75. The summed E-state index contributed by atoms with van der Waals surface area (Å²) in [5, 5.41) is 13.8. The van der Waals surface area contributed by atoms with Gasteiger partial charge in [-0.3, -0.25) is 9.48 Å². The molecule has 1 aromatic heterocycles. The van der Waals surface area contributed by atoms with Crippen LogP contribution in [0, 0.1) is 18.3 Å². The Morgan fingerprint density at radius 1 is 1.67 bits per heavy atom. The molecule has 2 rings (SSSR count). The zero-order valence-electron chi connectivity index (χ0n) is 11.0. The molecule has 0 spiro atoms. The number of hydrogen-bond acceptors (Lipinski definition) is 3. The Balaban J connectivity index is 2.22. The maximum Gasteiger partial charge on any atom is 0.311 e. The van der Waals surface area contributed by atoms with E-state index in [-0.39, 0.29) is 6.54 Å². The van der Waals surface area contributed by atoms with E-state index in [1.807, 2.05) is 20.0 Å². The number of rotatable bonds is 6. The van der Waals surface area contributed by atoms with Crippen molar-refractivity contribution in [2.75, 3.05) is 6.54 Å². The van der Waals surface area contributed by atoms with Gasteiger partial charge < -0.3 is 10.8 Å². The average Bonchev–Trinajstić information content (AvgIpc) is 3.04. The molecule has 1 aliphatic carbocycles. The molecule has 5 nitrogen and oxygen atoms in total. The molecule has 18 heavy (non-hydrogen) atoms. The van der Waals surface area contributed by atoms with Gasteiger partial charge in [0, 0.05) is 25.7 Å². The number of carboxylic acids is 1. The van der Waals surface area contributed by atoms with Gasteiger partial charge in [0.2, 0.25) is 0 Å². The number of carboxylic acid groups (broad SMARTS) is 1. The molecule has 0 aromatic carbocycles. The third-order valence-electron chi connectivity index (χ3n) is 3.84. The molecule has 1 saturated carbocycles. The molecule has 100 valence electrons. The van der Waals surface area contributed by atoms with Crippen molar-refractivity contribution >= 4 is 5.97 Å². The zero-order chi connectivity index (χ0) is 13.3. The van der Waals surface area contributed by atoms with E-state index in [0.717, 1.165) is 24.2 Å². The number of carbonyl (C=O) groups is 1. The van der Waals surface area contributed by atoms with Crippen LogP contribution in [-0.4, -0.2) is 27.4 Å². The van der Waals surface area contributed by atoms with Crippen molar-refractivity contribution in [2.45, 2.75) is 32.6 Å². The monoisotopic (exact) mass is 251 g/mol. The third kappa shape index (κ3) is 2.56. The van der Waals surface area contributed by atoms with Crippen LogP contribution in [0.2, 0.25) is 0 Å². The topological polar surface area (TPSA) is 81.1 Å². The SMILES string of the molecule is Cc1cc(CC(CN)(CC2CC2)C(=O)O)n(C)n1. The van der Waals surface area contributed by atoms with Crippen LogP contribution < -0.4 is 5.73 Å². The Hall–Kier alpha value is -1.36. The first-order valence-corrected chi connectivity index (χ1v) is 6.40. The molecule has 1 fully saturated rings. The van der Waals surface area contributed by atoms with E-state index < -0.39 is 11.4 Å². The van der Waals surface area contributed by atoms with Gasteiger partial charge in [-0.2, -0.15) is 5.10 Å². The first-order chi connectivity index (χ1) is 8.47. The highest BCUT2D eigenvalue weighted by Gasteiger charge is 2.42. The molecule has 0 amide bonds. The summed E-state index contributed by atoms with van der Waals surface area (Å²) in [7, 11) is 1.85. The maximum atomic E-state index is 11.6. The van der Waals surface area contributed by atoms with Crippen LogP contribution in [0.1, 0.15) is 30.7 Å². The van der Waals surface area contributed by atoms with E-state index in [1.165, 1.54) is 0 Å². The Morgan fingerprint density at radius 2 is 2.33 bits per heavy atom. The first kappa shape index (κ1) is 13.1. The smallest absolute Gasteiger partial charge is 0.311 e. The second-order valence-corrected chi connectivity index (χ2v) is 5.51. The van der Waals surface area contributed by atoms with Gasteiger partial charge in [0.25, 0.3) is 0 Å². The van der Waals surface area contributed by atoms with Gasteiger partial charge in [0.15, 0.2) is 0 Å². The van der Waals surface area contributed by atoms with Crippen LogP contribution in [0.3, 0.4) is 0 Å². The van der Waals surface area contributed by atoms with Crippen molar-refractivity contribution in [3.05, 3.63) is 17.5 Å². The standard InChI is InChI=1S/C13H21N3O2/c1-9-5-11(16(2)15-9)7-13(8-14,12(17)18)6-10-3-4-10/h5,10H,3-4,6-8,14H2,1-2H3,(H,17,18). The van der Waals surface area contributed by atoms with Gasteiger partial charge in [-0.05, 0) is 25.3 Å². The number of nitrogens with zero attached hydrogens (tertiary/aromatic N) is 2. The Kier molecular flexibility index (Phi) is 3.43.